The number of hydrazone groups is 1. The molecule has 7 nitrogen and oxygen atoms in total. The van der Waals surface area contributed by atoms with Gasteiger partial charge in [-0.1, -0.05) is 18.2 Å². The van der Waals surface area contributed by atoms with E-state index in [1.807, 2.05) is 43.3 Å². The van der Waals surface area contributed by atoms with E-state index in [2.05, 4.69) is 61.8 Å². The van der Waals surface area contributed by atoms with E-state index < -0.39 is 5.91 Å². The summed E-state index contributed by atoms with van der Waals surface area (Å²) in [5, 5.41) is 14.1. The molecular formula is C26H19I2N3O4. The monoisotopic (exact) mass is 691 g/mol. The number of nitrogens with zero attached hydrogens (tertiary/aromatic N) is 2. The zero-order valence-electron chi connectivity index (χ0n) is 18.5. The van der Waals surface area contributed by atoms with Crippen LogP contribution in [0.3, 0.4) is 0 Å². The number of amides is 1. The molecule has 1 aromatic heterocycles. The van der Waals surface area contributed by atoms with Crippen molar-refractivity contribution >= 4 is 68.3 Å². The van der Waals surface area contributed by atoms with Crippen molar-refractivity contribution in [3.63, 3.8) is 0 Å². The van der Waals surface area contributed by atoms with Crippen LogP contribution in [0.25, 0.3) is 11.0 Å². The molecule has 0 saturated carbocycles. The molecule has 176 valence electrons. The average Bonchev–Trinajstić information content (AvgIpc) is 3.27. The summed E-state index contributed by atoms with van der Waals surface area (Å²) < 4.78 is 18.9. The van der Waals surface area contributed by atoms with Gasteiger partial charge in [-0.25, -0.2) is 5.43 Å². The van der Waals surface area contributed by atoms with Crippen molar-refractivity contribution in [2.24, 2.45) is 5.10 Å². The first kappa shape index (κ1) is 25.0. The summed E-state index contributed by atoms with van der Waals surface area (Å²) in [5.74, 6) is 1.16. The van der Waals surface area contributed by atoms with Crippen LogP contribution in [-0.4, -0.2) is 18.7 Å². The first-order valence-corrected chi connectivity index (χ1v) is 12.7. The van der Waals surface area contributed by atoms with Gasteiger partial charge < -0.3 is 13.9 Å². The fourth-order valence-electron chi connectivity index (χ4n) is 3.31. The Morgan fingerprint density at radius 2 is 1.89 bits per heavy atom. The molecule has 0 spiro atoms. The van der Waals surface area contributed by atoms with Crippen LogP contribution in [0.2, 0.25) is 0 Å². The van der Waals surface area contributed by atoms with Crippen LogP contribution < -0.4 is 14.9 Å². The molecule has 35 heavy (non-hydrogen) atoms. The highest BCUT2D eigenvalue weighted by Crippen LogP contribution is 2.30. The summed E-state index contributed by atoms with van der Waals surface area (Å²) in [5.41, 5.74) is 5.32. The zero-order chi connectivity index (χ0) is 24.8. The molecule has 4 rings (SSSR count). The SMILES string of the molecule is CCOc1ccc2oc(C(=O)N/N=C/c3cc(I)c(OCc4ccccc4C#N)c(I)c3)cc2c1. The smallest absolute Gasteiger partial charge is 0.307 e. The van der Waals surface area contributed by atoms with Gasteiger partial charge in [0, 0.05) is 10.9 Å². The standard InChI is InChI=1S/C26H19I2N3O4/c1-2-33-20-7-8-23-19(11-20)12-24(35-23)26(32)31-30-14-16-9-21(27)25(22(28)10-16)34-15-18-6-4-3-5-17(18)13-29/h3-12,14H,2,15H2,1H3,(H,31,32)/b30-14+. The number of furan rings is 1. The van der Waals surface area contributed by atoms with E-state index in [9.17, 15) is 10.1 Å². The Morgan fingerprint density at radius 1 is 1.11 bits per heavy atom. The third kappa shape index (κ3) is 6.12. The largest absolute Gasteiger partial charge is 0.494 e. The maximum atomic E-state index is 12.5. The predicted molar refractivity (Wildman–Crippen MR) is 150 cm³/mol. The minimum Gasteiger partial charge on any atom is -0.494 e. The minimum atomic E-state index is -0.448. The van der Waals surface area contributed by atoms with Gasteiger partial charge in [0.05, 0.1) is 31.6 Å². The molecule has 0 aliphatic heterocycles. The second-order valence-corrected chi connectivity index (χ2v) is 9.64. The van der Waals surface area contributed by atoms with Crippen molar-refractivity contribution in [1.82, 2.24) is 5.43 Å². The first-order valence-electron chi connectivity index (χ1n) is 10.6. The number of carbonyl (C=O) groups is 1. The highest BCUT2D eigenvalue weighted by Gasteiger charge is 2.13. The van der Waals surface area contributed by atoms with Crippen LogP contribution in [0.1, 0.15) is 34.2 Å². The molecule has 0 aliphatic carbocycles. The number of halogens is 2. The van der Waals surface area contributed by atoms with Crippen molar-refractivity contribution in [1.29, 1.82) is 5.26 Å². The van der Waals surface area contributed by atoms with Crippen LogP contribution in [0.4, 0.5) is 0 Å². The third-order valence-electron chi connectivity index (χ3n) is 4.93. The van der Waals surface area contributed by atoms with Gasteiger partial charge in [-0.05, 0) is 100 Å². The summed E-state index contributed by atoms with van der Waals surface area (Å²) in [7, 11) is 0. The molecule has 0 radical (unpaired) electrons. The van der Waals surface area contributed by atoms with Crippen molar-refractivity contribution < 1.29 is 18.7 Å². The Morgan fingerprint density at radius 3 is 2.63 bits per heavy atom. The summed E-state index contributed by atoms with van der Waals surface area (Å²) in [6.07, 6.45) is 1.56. The molecule has 0 saturated heterocycles. The maximum Gasteiger partial charge on any atom is 0.307 e. The lowest BCUT2D eigenvalue weighted by atomic mass is 10.1. The Labute approximate surface area is 229 Å². The van der Waals surface area contributed by atoms with E-state index in [-0.39, 0.29) is 5.76 Å². The molecule has 0 fully saturated rings. The number of hydrogen-bond acceptors (Lipinski definition) is 6. The fraction of sp³-hybridized carbons (Fsp3) is 0.115. The van der Waals surface area contributed by atoms with Crippen LogP contribution in [0, 0.1) is 18.5 Å². The van der Waals surface area contributed by atoms with Crippen LogP contribution in [0.5, 0.6) is 11.5 Å². The molecule has 9 heteroatoms. The highest BCUT2D eigenvalue weighted by molar-refractivity contribution is 14.1. The summed E-state index contributed by atoms with van der Waals surface area (Å²) in [6, 6.07) is 20.4. The second-order valence-electron chi connectivity index (χ2n) is 7.31. The second kappa shape index (κ2) is 11.5. The maximum absolute atomic E-state index is 12.5. The molecule has 1 heterocycles. The number of nitrogens with one attached hydrogen (secondary N) is 1. The van der Waals surface area contributed by atoms with Gasteiger partial charge in [-0.3, -0.25) is 4.79 Å². The molecule has 0 unspecified atom stereocenters. The van der Waals surface area contributed by atoms with Crippen LogP contribution in [-0.2, 0) is 6.61 Å². The quantitative estimate of drug-likeness (QED) is 0.134. The van der Waals surface area contributed by atoms with Gasteiger partial charge in [-0.2, -0.15) is 10.4 Å². The van der Waals surface area contributed by atoms with Gasteiger partial charge in [-0.15, -0.1) is 0 Å². The summed E-state index contributed by atoms with van der Waals surface area (Å²) in [6.45, 7) is 2.77. The number of ether oxygens (including phenoxy) is 2. The predicted octanol–water partition coefficient (Wildman–Crippen LogP) is 6.26. The number of nitriles is 1. The van der Waals surface area contributed by atoms with Gasteiger partial charge in [0.15, 0.2) is 5.76 Å². The van der Waals surface area contributed by atoms with Gasteiger partial charge in [0.2, 0.25) is 0 Å². The first-order chi connectivity index (χ1) is 17.0. The molecular weight excluding hydrogens is 672 g/mol. The van der Waals surface area contributed by atoms with Gasteiger partial charge in [0.1, 0.15) is 23.7 Å². The average molecular weight is 691 g/mol. The molecule has 0 atom stereocenters. The lowest BCUT2D eigenvalue weighted by Crippen LogP contribution is -2.16. The van der Waals surface area contributed by atoms with Crippen molar-refractivity contribution in [2.45, 2.75) is 13.5 Å². The Kier molecular flexibility index (Phi) is 8.25. The number of rotatable bonds is 8. The molecule has 4 aromatic rings. The third-order valence-corrected chi connectivity index (χ3v) is 6.54. The molecule has 3 aromatic carbocycles. The van der Waals surface area contributed by atoms with Crippen LogP contribution >= 0.6 is 45.2 Å². The number of carbonyl (C=O) groups excluding carboxylic acids is 1. The van der Waals surface area contributed by atoms with Gasteiger partial charge in [0.25, 0.3) is 0 Å². The van der Waals surface area contributed by atoms with E-state index in [0.717, 1.165) is 35.2 Å². The van der Waals surface area contributed by atoms with Crippen molar-refractivity contribution in [3.8, 4) is 17.6 Å². The minimum absolute atomic E-state index is 0.163. The molecule has 0 aliphatic rings. The van der Waals surface area contributed by atoms with E-state index in [4.69, 9.17) is 13.9 Å². The van der Waals surface area contributed by atoms with Crippen LogP contribution in [0.15, 0.2) is 70.2 Å². The Hall–Kier alpha value is -3.11. The topological polar surface area (TPSA) is 96.8 Å². The fourth-order valence-corrected chi connectivity index (χ4v) is 5.44. The molecule has 1 N–H and O–H groups in total. The molecule has 0 bridgehead atoms. The summed E-state index contributed by atoms with van der Waals surface area (Å²) >= 11 is 4.39. The zero-order valence-corrected chi connectivity index (χ0v) is 22.9. The lowest BCUT2D eigenvalue weighted by Gasteiger charge is -2.12. The van der Waals surface area contributed by atoms with Crippen molar-refractivity contribution in [3.05, 3.63) is 90.3 Å². The normalized spacial score (nSPS) is 10.9. The van der Waals surface area contributed by atoms with E-state index >= 15 is 0 Å². The van der Waals surface area contributed by atoms with E-state index in [1.165, 1.54) is 0 Å². The van der Waals surface area contributed by atoms with E-state index in [0.29, 0.717) is 24.4 Å². The number of benzene rings is 3. The Bertz CT molecular complexity index is 1430. The Balaban J connectivity index is 1.41. The molecule has 1 amide bonds. The highest BCUT2D eigenvalue weighted by atomic mass is 127. The van der Waals surface area contributed by atoms with E-state index in [1.54, 1.807) is 30.5 Å². The summed E-state index contributed by atoms with van der Waals surface area (Å²) in [4.78, 5) is 12.5. The van der Waals surface area contributed by atoms with Gasteiger partial charge >= 0.3 is 5.91 Å². The number of hydrogen-bond donors (Lipinski definition) is 1. The number of fused-ring (bicyclic) bond motifs is 1. The lowest BCUT2D eigenvalue weighted by molar-refractivity contribution is 0.0929. The van der Waals surface area contributed by atoms with Crippen molar-refractivity contribution in [2.75, 3.05) is 6.61 Å².